The van der Waals surface area contributed by atoms with Crippen molar-refractivity contribution in [3.05, 3.63) is 71.7 Å². The summed E-state index contributed by atoms with van der Waals surface area (Å²) >= 11 is 1.53. The Morgan fingerprint density at radius 2 is 1.71 bits per heavy atom. The molecule has 4 rings (SSSR count). The Labute approximate surface area is 143 Å². The number of aromatic nitrogens is 1. The van der Waals surface area contributed by atoms with Crippen molar-refractivity contribution in [2.45, 2.75) is 0 Å². The van der Waals surface area contributed by atoms with Crippen molar-refractivity contribution in [3.63, 3.8) is 0 Å². The predicted octanol–water partition coefficient (Wildman–Crippen LogP) is 5.08. The van der Waals surface area contributed by atoms with Crippen molar-refractivity contribution in [3.8, 4) is 28.3 Å². The molecule has 0 spiro atoms. The first-order chi connectivity index (χ1) is 11.8. The molecular formula is C20H13N3S. The Morgan fingerprint density at radius 1 is 0.958 bits per heavy atom. The highest BCUT2D eigenvalue weighted by molar-refractivity contribution is 7.18. The van der Waals surface area contributed by atoms with Crippen molar-refractivity contribution in [1.29, 1.82) is 5.26 Å². The molecule has 3 nitrogen and oxygen atoms in total. The van der Waals surface area contributed by atoms with E-state index in [4.69, 9.17) is 5.73 Å². The third-order valence-corrected chi connectivity index (χ3v) is 5.04. The molecule has 24 heavy (non-hydrogen) atoms. The van der Waals surface area contributed by atoms with E-state index in [2.05, 4.69) is 41.4 Å². The third kappa shape index (κ3) is 2.32. The van der Waals surface area contributed by atoms with Gasteiger partial charge in [-0.2, -0.15) is 5.26 Å². The summed E-state index contributed by atoms with van der Waals surface area (Å²) in [6.07, 6.45) is 1.79. The average molecular weight is 327 g/mol. The Kier molecular flexibility index (Phi) is 3.49. The second-order valence-electron chi connectivity index (χ2n) is 5.47. The summed E-state index contributed by atoms with van der Waals surface area (Å²) in [4.78, 5) is 4.30. The first-order valence-electron chi connectivity index (χ1n) is 7.49. The van der Waals surface area contributed by atoms with Crippen molar-refractivity contribution in [1.82, 2.24) is 4.98 Å². The molecule has 2 heterocycles. The number of hydrogen-bond acceptors (Lipinski definition) is 4. The fourth-order valence-corrected chi connectivity index (χ4v) is 3.89. The second-order valence-corrected chi connectivity index (χ2v) is 6.35. The van der Waals surface area contributed by atoms with Crippen molar-refractivity contribution >= 4 is 27.2 Å². The van der Waals surface area contributed by atoms with Gasteiger partial charge in [-0.05, 0) is 22.8 Å². The highest BCUT2D eigenvalue weighted by Gasteiger charge is 2.14. The van der Waals surface area contributed by atoms with Crippen LogP contribution in [0.25, 0.3) is 32.3 Å². The zero-order valence-corrected chi connectivity index (χ0v) is 13.5. The van der Waals surface area contributed by atoms with Crippen LogP contribution in [0.5, 0.6) is 0 Å². The lowest BCUT2D eigenvalue weighted by Crippen LogP contribution is -1.92. The number of nitrogens with zero attached hydrogens (tertiary/aromatic N) is 2. The smallest absolute Gasteiger partial charge is 0.133 e. The lowest BCUT2D eigenvalue weighted by molar-refractivity contribution is 1.37. The van der Waals surface area contributed by atoms with E-state index in [0.29, 0.717) is 11.4 Å². The molecule has 4 heteroatoms. The van der Waals surface area contributed by atoms with E-state index in [9.17, 15) is 5.26 Å². The van der Waals surface area contributed by atoms with Gasteiger partial charge in [-0.1, -0.05) is 48.5 Å². The van der Waals surface area contributed by atoms with Crippen LogP contribution in [0.3, 0.4) is 0 Å². The molecule has 0 amide bonds. The summed E-state index contributed by atoms with van der Waals surface area (Å²) in [5, 5.41) is 11.9. The molecule has 0 unspecified atom stereocenters. The SMILES string of the molecule is N#Cc1csc2c(-c3cccc(-c4ccccc4)c3)cnc(N)c12. The zero-order chi connectivity index (χ0) is 16.5. The van der Waals surface area contributed by atoms with Gasteiger partial charge < -0.3 is 5.73 Å². The molecule has 0 aliphatic rings. The van der Waals surface area contributed by atoms with Gasteiger partial charge in [0, 0.05) is 21.8 Å². The van der Waals surface area contributed by atoms with Crippen LogP contribution < -0.4 is 5.73 Å². The zero-order valence-electron chi connectivity index (χ0n) is 12.7. The molecule has 0 bridgehead atoms. The molecule has 0 aliphatic heterocycles. The van der Waals surface area contributed by atoms with Crippen molar-refractivity contribution in [2.75, 3.05) is 5.73 Å². The van der Waals surface area contributed by atoms with Crippen LogP contribution in [-0.4, -0.2) is 4.98 Å². The summed E-state index contributed by atoms with van der Waals surface area (Å²) in [6.45, 7) is 0. The maximum atomic E-state index is 9.28. The van der Waals surface area contributed by atoms with Crippen LogP contribution in [-0.2, 0) is 0 Å². The van der Waals surface area contributed by atoms with E-state index < -0.39 is 0 Å². The highest BCUT2D eigenvalue weighted by atomic mass is 32.1. The molecule has 0 fully saturated rings. The molecule has 0 saturated heterocycles. The van der Waals surface area contributed by atoms with E-state index >= 15 is 0 Å². The largest absolute Gasteiger partial charge is 0.383 e. The molecule has 0 radical (unpaired) electrons. The third-order valence-electron chi connectivity index (χ3n) is 4.03. The van der Waals surface area contributed by atoms with Crippen LogP contribution >= 0.6 is 11.3 Å². The fourth-order valence-electron chi connectivity index (χ4n) is 2.85. The number of pyridine rings is 1. The highest BCUT2D eigenvalue weighted by Crippen LogP contribution is 2.38. The summed E-state index contributed by atoms with van der Waals surface area (Å²) < 4.78 is 1.00. The van der Waals surface area contributed by atoms with Gasteiger partial charge in [0.05, 0.1) is 10.9 Å². The van der Waals surface area contributed by atoms with Gasteiger partial charge in [0.25, 0.3) is 0 Å². The van der Waals surface area contributed by atoms with E-state index in [1.807, 2.05) is 29.6 Å². The topological polar surface area (TPSA) is 62.7 Å². The van der Waals surface area contributed by atoms with Gasteiger partial charge in [0.15, 0.2) is 0 Å². The molecule has 2 aromatic carbocycles. The Hall–Kier alpha value is -3.16. The number of benzene rings is 2. The lowest BCUT2D eigenvalue weighted by atomic mass is 9.99. The molecule has 2 aromatic heterocycles. The normalized spacial score (nSPS) is 10.6. The summed E-state index contributed by atoms with van der Waals surface area (Å²) in [5.41, 5.74) is 11.0. The number of rotatable bonds is 2. The number of nitrogens with two attached hydrogens (primary N) is 1. The minimum Gasteiger partial charge on any atom is -0.383 e. The Bertz CT molecular complexity index is 1080. The number of thiophene rings is 1. The van der Waals surface area contributed by atoms with Crippen LogP contribution in [0.4, 0.5) is 5.82 Å². The molecule has 2 N–H and O–H groups in total. The van der Waals surface area contributed by atoms with Crippen LogP contribution in [0.2, 0.25) is 0 Å². The van der Waals surface area contributed by atoms with E-state index in [-0.39, 0.29) is 0 Å². The van der Waals surface area contributed by atoms with Gasteiger partial charge in [-0.15, -0.1) is 11.3 Å². The Balaban J connectivity index is 1.92. The summed E-state index contributed by atoms with van der Waals surface area (Å²) in [5.74, 6) is 0.408. The number of nitriles is 1. The lowest BCUT2D eigenvalue weighted by Gasteiger charge is -2.08. The van der Waals surface area contributed by atoms with Gasteiger partial charge >= 0.3 is 0 Å². The second kappa shape index (κ2) is 5.80. The van der Waals surface area contributed by atoms with Gasteiger partial charge in [-0.25, -0.2) is 4.98 Å². The quantitative estimate of drug-likeness (QED) is 0.558. The number of hydrogen-bond donors (Lipinski definition) is 1. The van der Waals surface area contributed by atoms with E-state index in [0.717, 1.165) is 26.8 Å². The molecular weight excluding hydrogens is 314 g/mol. The van der Waals surface area contributed by atoms with Crippen LogP contribution in [0.15, 0.2) is 66.2 Å². The van der Waals surface area contributed by atoms with Crippen molar-refractivity contribution in [2.24, 2.45) is 0 Å². The first kappa shape index (κ1) is 14.4. The van der Waals surface area contributed by atoms with Crippen molar-refractivity contribution < 1.29 is 0 Å². The Morgan fingerprint density at radius 3 is 2.50 bits per heavy atom. The maximum Gasteiger partial charge on any atom is 0.133 e. The summed E-state index contributed by atoms with van der Waals surface area (Å²) in [7, 11) is 0. The predicted molar refractivity (Wildman–Crippen MR) is 99.6 cm³/mol. The van der Waals surface area contributed by atoms with E-state index in [1.54, 1.807) is 6.20 Å². The van der Waals surface area contributed by atoms with Gasteiger partial charge in [0.1, 0.15) is 11.9 Å². The fraction of sp³-hybridized carbons (Fsp3) is 0. The maximum absolute atomic E-state index is 9.28. The minimum absolute atomic E-state index is 0.408. The molecule has 4 aromatic rings. The number of fused-ring (bicyclic) bond motifs is 1. The molecule has 0 saturated carbocycles. The standard InChI is InChI=1S/C20H13N3S/c21-10-16-12-24-19-17(11-23-20(22)18(16)19)15-8-4-7-14(9-15)13-5-2-1-3-6-13/h1-9,11-12H,(H2,22,23). The monoisotopic (exact) mass is 327 g/mol. The number of anilines is 1. The molecule has 0 aliphatic carbocycles. The van der Waals surface area contributed by atoms with Gasteiger partial charge in [0.2, 0.25) is 0 Å². The van der Waals surface area contributed by atoms with Crippen LogP contribution in [0, 0.1) is 11.3 Å². The molecule has 0 atom stereocenters. The van der Waals surface area contributed by atoms with E-state index in [1.165, 1.54) is 16.9 Å². The summed E-state index contributed by atoms with van der Waals surface area (Å²) in [6, 6.07) is 20.8. The van der Waals surface area contributed by atoms with Crippen LogP contribution in [0.1, 0.15) is 5.56 Å². The molecule has 114 valence electrons. The van der Waals surface area contributed by atoms with Gasteiger partial charge in [-0.3, -0.25) is 0 Å². The first-order valence-corrected chi connectivity index (χ1v) is 8.37. The minimum atomic E-state index is 0.408. The average Bonchev–Trinajstić information content (AvgIpc) is 3.08. The number of nitrogen functional groups attached to an aromatic ring is 1.